The van der Waals surface area contributed by atoms with Crippen LogP contribution in [0.3, 0.4) is 0 Å². The van der Waals surface area contributed by atoms with Crippen molar-refractivity contribution in [2.24, 2.45) is 10.8 Å². The molecule has 0 fully saturated rings. The Morgan fingerprint density at radius 2 is 2.16 bits per heavy atom. The van der Waals surface area contributed by atoms with Gasteiger partial charge in [-0.25, -0.2) is 4.98 Å². The number of furan rings is 1. The van der Waals surface area contributed by atoms with E-state index in [0.29, 0.717) is 5.82 Å². The molecule has 1 amide bonds. The standard InChI is InChI=1S/C17H19N5O2S/c1-9-6-7-13(19-8-9)20-16(23)15-10(2)14-11(21-22-17(18)25)4-3-5-12(14)24-15/h6-8H,3-5H2,1-2H3,(H3,18,22,25)(H,19,20,23)/b21-11+. The fourth-order valence-electron chi connectivity index (χ4n) is 2.83. The number of hydrazone groups is 1. The Hall–Kier alpha value is -2.74. The molecule has 0 spiro atoms. The summed E-state index contributed by atoms with van der Waals surface area (Å²) in [6.45, 7) is 3.78. The van der Waals surface area contributed by atoms with Gasteiger partial charge in [0.15, 0.2) is 10.9 Å². The zero-order valence-electron chi connectivity index (χ0n) is 14.0. The Morgan fingerprint density at radius 3 is 2.84 bits per heavy atom. The number of fused-ring (bicyclic) bond motifs is 1. The van der Waals surface area contributed by atoms with Gasteiger partial charge in [-0.05, 0) is 50.5 Å². The normalized spacial score (nSPS) is 14.9. The minimum atomic E-state index is -0.329. The summed E-state index contributed by atoms with van der Waals surface area (Å²) in [6.07, 6.45) is 4.11. The lowest BCUT2D eigenvalue weighted by molar-refractivity contribution is 0.0993. The van der Waals surface area contributed by atoms with Gasteiger partial charge in [0.2, 0.25) is 0 Å². The second-order valence-corrected chi connectivity index (χ2v) is 6.36. The van der Waals surface area contributed by atoms with Crippen molar-refractivity contribution in [2.75, 3.05) is 5.32 Å². The van der Waals surface area contributed by atoms with Crippen molar-refractivity contribution in [3.63, 3.8) is 0 Å². The molecular formula is C17H19N5O2S. The molecule has 7 nitrogen and oxygen atoms in total. The van der Waals surface area contributed by atoms with Crippen molar-refractivity contribution >= 4 is 34.8 Å². The quantitative estimate of drug-likeness (QED) is 0.575. The molecule has 1 aliphatic carbocycles. The Labute approximate surface area is 150 Å². The molecule has 25 heavy (non-hydrogen) atoms. The lowest BCUT2D eigenvalue weighted by atomic mass is 9.93. The highest BCUT2D eigenvalue weighted by atomic mass is 32.1. The maximum absolute atomic E-state index is 12.6. The molecule has 0 radical (unpaired) electrons. The van der Waals surface area contributed by atoms with E-state index in [0.717, 1.165) is 47.4 Å². The first-order valence-electron chi connectivity index (χ1n) is 7.94. The second kappa shape index (κ2) is 7.02. The van der Waals surface area contributed by atoms with Crippen LogP contribution in [-0.2, 0) is 6.42 Å². The van der Waals surface area contributed by atoms with Gasteiger partial charge in [0, 0.05) is 23.7 Å². The number of nitrogens with zero attached hydrogens (tertiary/aromatic N) is 2. The van der Waals surface area contributed by atoms with Gasteiger partial charge >= 0.3 is 0 Å². The van der Waals surface area contributed by atoms with Crippen LogP contribution in [0.1, 0.15) is 45.8 Å². The number of aromatic nitrogens is 1. The first-order chi connectivity index (χ1) is 12.0. The SMILES string of the molecule is Cc1ccc(NC(=O)c2oc3c(c2C)/C(=N/NC(N)=S)CCC3)nc1. The second-order valence-electron chi connectivity index (χ2n) is 5.92. The number of nitrogens with one attached hydrogen (secondary N) is 2. The number of nitrogens with two attached hydrogens (primary N) is 1. The molecule has 4 N–H and O–H groups in total. The zero-order valence-corrected chi connectivity index (χ0v) is 14.9. The van der Waals surface area contributed by atoms with Crippen molar-refractivity contribution in [3.8, 4) is 0 Å². The molecular weight excluding hydrogens is 338 g/mol. The summed E-state index contributed by atoms with van der Waals surface area (Å²) in [5, 5.41) is 7.11. The average molecular weight is 357 g/mol. The summed E-state index contributed by atoms with van der Waals surface area (Å²) < 4.78 is 5.82. The largest absolute Gasteiger partial charge is 0.455 e. The van der Waals surface area contributed by atoms with Gasteiger partial charge in [0.1, 0.15) is 11.6 Å². The van der Waals surface area contributed by atoms with E-state index in [4.69, 9.17) is 22.4 Å². The van der Waals surface area contributed by atoms with Crippen LogP contribution < -0.4 is 16.5 Å². The number of hydrogen-bond acceptors (Lipinski definition) is 5. The van der Waals surface area contributed by atoms with Gasteiger partial charge < -0.3 is 15.5 Å². The Morgan fingerprint density at radius 1 is 1.36 bits per heavy atom. The maximum Gasteiger partial charge on any atom is 0.292 e. The van der Waals surface area contributed by atoms with Crippen LogP contribution in [0, 0.1) is 13.8 Å². The minimum Gasteiger partial charge on any atom is -0.455 e. The molecule has 0 unspecified atom stereocenters. The molecule has 0 saturated heterocycles. The minimum absolute atomic E-state index is 0.101. The van der Waals surface area contributed by atoms with E-state index in [2.05, 4.69) is 20.8 Å². The van der Waals surface area contributed by atoms with Gasteiger partial charge in [-0.1, -0.05) is 6.07 Å². The molecule has 0 bridgehead atoms. The molecule has 2 aromatic heterocycles. The Bertz CT molecular complexity index is 855. The van der Waals surface area contributed by atoms with Gasteiger partial charge in [-0.3, -0.25) is 10.2 Å². The molecule has 2 heterocycles. The van der Waals surface area contributed by atoms with Gasteiger partial charge in [-0.15, -0.1) is 0 Å². The van der Waals surface area contributed by atoms with E-state index >= 15 is 0 Å². The highest BCUT2D eigenvalue weighted by molar-refractivity contribution is 7.80. The van der Waals surface area contributed by atoms with E-state index in [-0.39, 0.29) is 16.8 Å². The predicted molar refractivity (Wildman–Crippen MR) is 99.8 cm³/mol. The lowest BCUT2D eigenvalue weighted by Crippen LogP contribution is -2.26. The molecule has 0 aliphatic heterocycles. The Kier molecular flexibility index (Phi) is 4.80. The average Bonchev–Trinajstić information content (AvgIpc) is 2.93. The summed E-state index contributed by atoms with van der Waals surface area (Å²) >= 11 is 4.79. The molecule has 3 rings (SSSR count). The van der Waals surface area contributed by atoms with Gasteiger partial charge in [0.05, 0.1) is 5.71 Å². The number of carbonyl (C=O) groups is 1. The number of carbonyl (C=O) groups excluding carboxylic acids is 1. The summed E-state index contributed by atoms with van der Waals surface area (Å²) in [6, 6.07) is 3.64. The van der Waals surface area contributed by atoms with E-state index in [9.17, 15) is 4.79 Å². The summed E-state index contributed by atoms with van der Waals surface area (Å²) in [5.41, 5.74) is 11.5. The maximum atomic E-state index is 12.6. The van der Waals surface area contributed by atoms with Crippen LogP contribution in [0.25, 0.3) is 0 Å². The highest BCUT2D eigenvalue weighted by Gasteiger charge is 2.28. The van der Waals surface area contributed by atoms with E-state index in [1.165, 1.54) is 0 Å². The zero-order chi connectivity index (χ0) is 18.0. The van der Waals surface area contributed by atoms with Crippen LogP contribution in [0.5, 0.6) is 0 Å². The first kappa shape index (κ1) is 17.1. The number of hydrogen-bond donors (Lipinski definition) is 3. The van der Waals surface area contributed by atoms with Crippen LogP contribution in [0.4, 0.5) is 5.82 Å². The van der Waals surface area contributed by atoms with E-state index in [1.807, 2.05) is 19.9 Å². The van der Waals surface area contributed by atoms with Crippen molar-refractivity contribution < 1.29 is 9.21 Å². The Balaban J connectivity index is 1.88. The molecule has 0 atom stereocenters. The summed E-state index contributed by atoms with van der Waals surface area (Å²) in [5.74, 6) is 1.19. The number of thiocarbonyl (C=S) groups is 1. The van der Waals surface area contributed by atoms with Crippen LogP contribution in [0.2, 0.25) is 0 Å². The van der Waals surface area contributed by atoms with E-state index in [1.54, 1.807) is 12.3 Å². The van der Waals surface area contributed by atoms with Crippen molar-refractivity contribution in [1.82, 2.24) is 10.4 Å². The van der Waals surface area contributed by atoms with Crippen LogP contribution in [-0.4, -0.2) is 21.7 Å². The molecule has 0 aromatic carbocycles. The number of pyridine rings is 1. The fraction of sp³-hybridized carbons (Fsp3) is 0.294. The van der Waals surface area contributed by atoms with Crippen LogP contribution in [0.15, 0.2) is 27.8 Å². The van der Waals surface area contributed by atoms with Gasteiger partial charge in [0.25, 0.3) is 5.91 Å². The molecule has 0 saturated carbocycles. The van der Waals surface area contributed by atoms with Crippen molar-refractivity contribution in [1.29, 1.82) is 0 Å². The number of anilines is 1. The predicted octanol–water partition coefficient (Wildman–Crippen LogP) is 2.42. The number of amides is 1. The number of rotatable bonds is 3. The van der Waals surface area contributed by atoms with Gasteiger partial charge in [-0.2, -0.15) is 5.10 Å². The summed E-state index contributed by atoms with van der Waals surface area (Å²) in [7, 11) is 0. The van der Waals surface area contributed by atoms with E-state index < -0.39 is 0 Å². The van der Waals surface area contributed by atoms with Crippen molar-refractivity contribution in [3.05, 3.63) is 46.5 Å². The molecule has 8 heteroatoms. The number of aryl methyl sites for hydroxylation is 2. The summed E-state index contributed by atoms with van der Waals surface area (Å²) in [4.78, 5) is 16.8. The third kappa shape index (κ3) is 3.69. The monoisotopic (exact) mass is 357 g/mol. The smallest absolute Gasteiger partial charge is 0.292 e. The molecule has 2 aromatic rings. The topological polar surface area (TPSA) is 106 Å². The third-order valence-corrected chi connectivity index (χ3v) is 4.08. The lowest BCUT2D eigenvalue weighted by Gasteiger charge is -2.13. The highest BCUT2D eigenvalue weighted by Crippen LogP contribution is 2.30. The molecule has 1 aliphatic rings. The molecule has 130 valence electrons. The first-order valence-corrected chi connectivity index (χ1v) is 8.35. The fourth-order valence-corrected chi connectivity index (χ4v) is 2.88. The third-order valence-electron chi connectivity index (χ3n) is 3.99. The van der Waals surface area contributed by atoms with Crippen LogP contribution >= 0.6 is 12.2 Å². The van der Waals surface area contributed by atoms with Crippen molar-refractivity contribution in [2.45, 2.75) is 33.1 Å².